The Morgan fingerprint density at radius 2 is 1.11 bits per heavy atom. The van der Waals surface area contributed by atoms with Crippen LogP contribution in [0.3, 0.4) is 0 Å². The normalized spacial score (nSPS) is 6.44. The maximum atomic E-state index is 8.52. The molecule has 0 aromatic rings. The van der Waals surface area contributed by atoms with Gasteiger partial charge in [0.2, 0.25) is 0 Å². The van der Waals surface area contributed by atoms with Crippen LogP contribution in [0.5, 0.6) is 0 Å². The molecular weight excluding hydrogens is 299 g/mol. The molecule has 43 valence electrons. The van der Waals surface area contributed by atoms with Crippen molar-refractivity contribution >= 4 is 27.8 Å². The quantitative estimate of drug-likeness (QED) is 0.302. The summed E-state index contributed by atoms with van der Waals surface area (Å²) in [5.74, 6) is 0. The third-order valence-corrected chi connectivity index (χ3v) is 0. The maximum Gasteiger partial charge on any atom is 3.00 e. The van der Waals surface area contributed by atoms with Crippen molar-refractivity contribution in [3.05, 3.63) is 0 Å². The Balaban J connectivity index is -0.0000000133. The first kappa shape index (κ1) is 30.5. The van der Waals surface area contributed by atoms with E-state index in [0.717, 1.165) is 0 Å². The number of rotatable bonds is 0. The molecular formula is AlFeMnO4SZn+7. The van der Waals surface area contributed by atoms with Gasteiger partial charge in [-0.2, -0.15) is 0 Å². The Kier molecular flexibility index (Phi) is 43.1. The van der Waals surface area contributed by atoms with Crippen molar-refractivity contribution in [1.29, 1.82) is 0 Å². The van der Waals surface area contributed by atoms with Crippen LogP contribution < -0.4 is 0 Å². The standard InChI is InChI=1S/Al.Fe.Mn.H2O4S.Zn/c;;;1-5(2,3)4;/h;;;(H2,1,2,3,4);/q+3;2*+2;;+2/p-2. The molecule has 0 rings (SSSR count). The zero-order valence-electron chi connectivity index (χ0n) is 4.06. The van der Waals surface area contributed by atoms with Gasteiger partial charge >= 0.3 is 71.0 Å². The molecule has 4 nitrogen and oxygen atoms in total. The first-order valence-corrected chi connectivity index (χ1v) is 2.00. The number of hydrogen-bond donors (Lipinski definition) is 0. The SMILES string of the molecule is O=S(=O)([O-])[O-].[Al+3].[Fe+2].[Mn+2].[Zn+2]. The van der Waals surface area contributed by atoms with Crippen LogP contribution in [-0.4, -0.2) is 34.9 Å². The second-order valence-corrected chi connectivity index (χ2v) is 1.22. The Morgan fingerprint density at radius 3 is 1.11 bits per heavy atom. The summed E-state index contributed by atoms with van der Waals surface area (Å²) in [6, 6.07) is 0. The van der Waals surface area contributed by atoms with Crippen LogP contribution >= 0.6 is 0 Å². The summed E-state index contributed by atoms with van der Waals surface area (Å²) in [5.41, 5.74) is 0. The van der Waals surface area contributed by atoms with Gasteiger partial charge in [0.15, 0.2) is 0 Å². The van der Waals surface area contributed by atoms with E-state index in [9.17, 15) is 0 Å². The first-order chi connectivity index (χ1) is 2.00. The minimum atomic E-state index is -5.17. The summed E-state index contributed by atoms with van der Waals surface area (Å²) < 4.78 is 34.1. The zero-order chi connectivity index (χ0) is 4.50. The molecule has 0 bridgehead atoms. The molecule has 0 amide bonds. The Labute approximate surface area is 98.0 Å². The van der Waals surface area contributed by atoms with E-state index in [0.29, 0.717) is 0 Å². The van der Waals surface area contributed by atoms with Gasteiger partial charge in [-0.15, -0.1) is 0 Å². The number of hydrogen-bond acceptors (Lipinski definition) is 4. The van der Waals surface area contributed by atoms with Crippen molar-refractivity contribution in [3.8, 4) is 0 Å². The molecule has 0 unspecified atom stereocenters. The van der Waals surface area contributed by atoms with Crippen LogP contribution in [0.4, 0.5) is 0 Å². The molecule has 0 saturated carbocycles. The largest absolute Gasteiger partial charge is 3.00 e. The van der Waals surface area contributed by atoms with Crippen molar-refractivity contribution in [1.82, 2.24) is 0 Å². The van der Waals surface area contributed by atoms with E-state index in [-0.39, 0.29) is 71.0 Å². The van der Waals surface area contributed by atoms with Gasteiger partial charge in [-0.05, 0) is 0 Å². The van der Waals surface area contributed by atoms with Crippen molar-refractivity contribution in [3.63, 3.8) is 0 Å². The van der Waals surface area contributed by atoms with E-state index >= 15 is 0 Å². The molecule has 1 radical (unpaired) electrons. The average molecular weight is 299 g/mol. The monoisotopic (exact) mass is 298 g/mol. The van der Waals surface area contributed by atoms with E-state index in [1.54, 1.807) is 0 Å². The third-order valence-electron chi connectivity index (χ3n) is 0. The summed E-state index contributed by atoms with van der Waals surface area (Å²) in [7, 11) is -5.17. The minimum Gasteiger partial charge on any atom is -0.759 e. The fraction of sp³-hybridized carbons (Fsp3) is 0. The zero-order valence-corrected chi connectivity index (χ0v) is 11.3. The van der Waals surface area contributed by atoms with Crippen molar-refractivity contribution in [2.45, 2.75) is 0 Å². The molecule has 0 aromatic carbocycles. The molecule has 0 N–H and O–H groups in total. The Bertz CT molecular complexity index is 104. The molecule has 0 aromatic heterocycles. The maximum absolute atomic E-state index is 8.52. The van der Waals surface area contributed by atoms with Gasteiger partial charge in [-0.1, -0.05) is 0 Å². The minimum absolute atomic E-state index is 0. The van der Waals surface area contributed by atoms with Crippen molar-refractivity contribution in [2.24, 2.45) is 0 Å². The average Bonchev–Trinajstić information content (AvgIpc) is 0.722. The molecule has 9 heteroatoms. The molecule has 0 fully saturated rings. The summed E-state index contributed by atoms with van der Waals surface area (Å²) in [5, 5.41) is 0. The third kappa shape index (κ3) is 154. The van der Waals surface area contributed by atoms with Gasteiger partial charge in [0, 0.05) is 10.4 Å². The molecule has 0 aliphatic carbocycles. The Morgan fingerprint density at radius 1 is 1.11 bits per heavy atom. The molecule has 0 spiro atoms. The second kappa shape index (κ2) is 12.7. The van der Waals surface area contributed by atoms with Gasteiger partial charge in [-0.25, -0.2) is 0 Å². The summed E-state index contributed by atoms with van der Waals surface area (Å²) >= 11 is 0. The van der Waals surface area contributed by atoms with Crippen LogP contribution in [0.2, 0.25) is 0 Å². The van der Waals surface area contributed by atoms with Crippen LogP contribution in [0.25, 0.3) is 0 Å². The predicted molar refractivity (Wildman–Crippen MR) is 16.2 cm³/mol. The fourth-order valence-corrected chi connectivity index (χ4v) is 0. The topological polar surface area (TPSA) is 80.3 Å². The second-order valence-electron chi connectivity index (χ2n) is 0.408. The molecule has 0 atom stereocenters. The fourth-order valence-electron chi connectivity index (χ4n) is 0. The summed E-state index contributed by atoms with van der Waals surface area (Å²) in [4.78, 5) is 0. The van der Waals surface area contributed by atoms with Gasteiger partial charge in [0.1, 0.15) is 0 Å². The molecule has 0 aliphatic rings. The first-order valence-electron chi connectivity index (χ1n) is 0.667. The van der Waals surface area contributed by atoms with Crippen LogP contribution in [0, 0.1) is 0 Å². The molecule has 0 saturated heterocycles. The van der Waals surface area contributed by atoms with Gasteiger partial charge < -0.3 is 9.11 Å². The van der Waals surface area contributed by atoms with Crippen molar-refractivity contribution < 1.29 is 71.1 Å². The van der Waals surface area contributed by atoms with Gasteiger partial charge in [-0.3, -0.25) is 8.42 Å². The predicted octanol–water partition coefficient (Wildman–Crippen LogP) is -1.73. The van der Waals surface area contributed by atoms with Crippen LogP contribution in [-0.2, 0) is 64.0 Å². The van der Waals surface area contributed by atoms with E-state index in [1.807, 2.05) is 0 Å². The van der Waals surface area contributed by atoms with Crippen molar-refractivity contribution in [2.75, 3.05) is 0 Å². The van der Waals surface area contributed by atoms with E-state index in [2.05, 4.69) is 0 Å². The molecule has 0 aliphatic heterocycles. The van der Waals surface area contributed by atoms with Crippen LogP contribution in [0.15, 0.2) is 0 Å². The van der Waals surface area contributed by atoms with Gasteiger partial charge in [0.05, 0.1) is 0 Å². The Hall–Kier alpha value is 2.06. The van der Waals surface area contributed by atoms with E-state index in [1.165, 1.54) is 0 Å². The summed E-state index contributed by atoms with van der Waals surface area (Å²) in [6.45, 7) is 0. The van der Waals surface area contributed by atoms with Crippen LogP contribution in [0.1, 0.15) is 0 Å². The molecule has 0 heterocycles. The van der Waals surface area contributed by atoms with Gasteiger partial charge in [0.25, 0.3) is 0 Å². The smallest absolute Gasteiger partial charge is 0.759 e. The molecule has 9 heavy (non-hydrogen) atoms. The summed E-state index contributed by atoms with van der Waals surface area (Å²) in [6.07, 6.45) is 0. The van der Waals surface area contributed by atoms with E-state index < -0.39 is 10.4 Å². The van der Waals surface area contributed by atoms with E-state index in [4.69, 9.17) is 17.5 Å².